The fourth-order valence-electron chi connectivity index (χ4n) is 1.65. The third-order valence-corrected chi connectivity index (χ3v) is 2.61. The molecule has 0 bridgehead atoms. The predicted molar refractivity (Wildman–Crippen MR) is 68.2 cm³/mol. The molecule has 3 N–H and O–H groups in total. The molecule has 0 radical (unpaired) electrons. The minimum absolute atomic E-state index is 0.0607. The van der Waals surface area contributed by atoms with E-state index < -0.39 is 6.04 Å². The minimum Gasteiger partial charge on any atom is -0.348 e. The summed E-state index contributed by atoms with van der Waals surface area (Å²) in [6, 6.07) is 3.29. The lowest BCUT2D eigenvalue weighted by molar-refractivity contribution is -0.123. The van der Waals surface area contributed by atoms with Crippen molar-refractivity contribution in [2.45, 2.75) is 39.3 Å². The third kappa shape index (κ3) is 4.53. The summed E-state index contributed by atoms with van der Waals surface area (Å²) in [5.41, 5.74) is 6.80. The normalized spacial score (nSPS) is 14.4. The monoisotopic (exact) mass is 235 g/mol. The number of amides is 1. The van der Waals surface area contributed by atoms with E-state index in [1.165, 1.54) is 0 Å². The second kappa shape index (κ2) is 6.35. The topological polar surface area (TPSA) is 68.0 Å². The Morgan fingerprint density at radius 3 is 2.71 bits per heavy atom. The lowest BCUT2D eigenvalue weighted by Gasteiger charge is -2.18. The van der Waals surface area contributed by atoms with E-state index in [9.17, 15) is 4.79 Å². The van der Waals surface area contributed by atoms with E-state index in [1.807, 2.05) is 19.1 Å². The van der Waals surface area contributed by atoms with Crippen LogP contribution in [-0.4, -0.2) is 16.9 Å². The maximum Gasteiger partial charge on any atom is 0.237 e. The van der Waals surface area contributed by atoms with E-state index in [-0.39, 0.29) is 11.9 Å². The molecule has 2 atom stereocenters. The van der Waals surface area contributed by atoms with Crippen molar-refractivity contribution in [3.05, 3.63) is 30.1 Å². The van der Waals surface area contributed by atoms with Crippen LogP contribution in [-0.2, 0) is 4.79 Å². The summed E-state index contributed by atoms with van der Waals surface area (Å²) in [6.07, 6.45) is 4.16. The Labute approximate surface area is 103 Å². The summed E-state index contributed by atoms with van der Waals surface area (Å²) in [7, 11) is 0. The summed E-state index contributed by atoms with van der Waals surface area (Å²) in [4.78, 5) is 15.8. The zero-order valence-corrected chi connectivity index (χ0v) is 10.7. The Kier molecular flexibility index (Phi) is 5.10. The van der Waals surface area contributed by atoms with Crippen LogP contribution >= 0.6 is 0 Å². The molecule has 0 unspecified atom stereocenters. The Morgan fingerprint density at radius 2 is 2.18 bits per heavy atom. The van der Waals surface area contributed by atoms with Gasteiger partial charge in [-0.3, -0.25) is 9.78 Å². The molecular weight excluding hydrogens is 214 g/mol. The highest BCUT2D eigenvalue weighted by molar-refractivity contribution is 5.81. The SMILES string of the molecule is CC(C)C[C@@H](N)C(=O)N[C@@H](C)c1cccnc1. The maximum atomic E-state index is 11.8. The van der Waals surface area contributed by atoms with Crippen molar-refractivity contribution < 1.29 is 4.79 Å². The van der Waals surface area contributed by atoms with Crippen molar-refractivity contribution in [2.75, 3.05) is 0 Å². The zero-order chi connectivity index (χ0) is 12.8. The first kappa shape index (κ1) is 13.6. The number of nitrogens with zero attached hydrogens (tertiary/aromatic N) is 1. The molecular formula is C13H21N3O. The smallest absolute Gasteiger partial charge is 0.237 e. The molecule has 0 saturated carbocycles. The molecule has 1 aromatic rings. The highest BCUT2D eigenvalue weighted by Gasteiger charge is 2.17. The summed E-state index contributed by atoms with van der Waals surface area (Å²) in [5, 5.41) is 2.90. The second-order valence-corrected chi connectivity index (χ2v) is 4.75. The van der Waals surface area contributed by atoms with Crippen LogP contribution in [0.5, 0.6) is 0 Å². The summed E-state index contributed by atoms with van der Waals surface area (Å²) in [6.45, 7) is 6.03. The van der Waals surface area contributed by atoms with Gasteiger partial charge in [0.05, 0.1) is 12.1 Å². The number of carbonyl (C=O) groups excluding carboxylic acids is 1. The van der Waals surface area contributed by atoms with Crippen LogP contribution < -0.4 is 11.1 Å². The van der Waals surface area contributed by atoms with Gasteiger partial charge >= 0.3 is 0 Å². The van der Waals surface area contributed by atoms with Gasteiger partial charge in [0.25, 0.3) is 0 Å². The van der Waals surface area contributed by atoms with E-state index in [2.05, 4.69) is 24.1 Å². The predicted octanol–water partition coefficient (Wildman–Crippen LogP) is 1.63. The van der Waals surface area contributed by atoms with Gasteiger partial charge in [-0.2, -0.15) is 0 Å². The highest BCUT2D eigenvalue weighted by atomic mass is 16.2. The molecule has 0 saturated heterocycles. The molecule has 1 rings (SSSR count). The molecule has 0 aliphatic rings. The van der Waals surface area contributed by atoms with E-state index in [1.54, 1.807) is 12.4 Å². The summed E-state index contributed by atoms with van der Waals surface area (Å²) in [5.74, 6) is 0.319. The van der Waals surface area contributed by atoms with Crippen molar-refractivity contribution >= 4 is 5.91 Å². The maximum absolute atomic E-state index is 11.8. The van der Waals surface area contributed by atoms with Gasteiger partial charge in [-0.25, -0.2) is 0 Å². The van der Waals surface area contributed by atoms with Gasteiger partial charge < -0.3 is 11.1 Å². The van der Waals surface area contributed by atoms with Crippen LogP contribution in [0.15, 0.2) is 24.5 Å². The quantitative estimate of drug-likeness (QED) is 0.815. The average molecular weight is 235 g/mol. The average Bonchev–Trinajstić information content (AvgIpc) is 2.29. The molecule has 1 heterocycles. The van der Waals surface area contributed by atoms with Gasteiger partial charge in [0, 0.05) is 12.4 Å². The third-order valence-electron chi connectivity index (χ3n) is 2.61. The fraction of sp³-hybridized carbons (Fsp3) is 0.538. The van der Waals surface area contributed by atoms with Crippen LogP contribution in [0.3, 0.4) is 0 Å². The van der Waals surface area contributed by atoms with Gasteiger partial charge in [0.15, 0.2) is 0 Å². The van der Waals surface area contributed by atoms with Crippen LogP contribution in [0.25, 0.3) is 0 Å². The number of nitrogens with two attached hydrogens (primary N) is 1. The Morgan fingerprint density at radius 1 is 1.47 bits per heavy atom. The highest BCUT2D eigenvalue weighted by Crippen LogP contribution is 2.10. The van der Waals surface area contributed by atoms with Crippen LogP contribution in [0.4, 0.5) is 0 Å². The van der Waals surface area contributed by atoms with Gasteiger partial charge in [-0.1, -0.05) is 19.9 Å². The van der Waals surface area contributed by atoms with Gasteiger partial charge in [0.2, 0.25) is 5.91 Å². The molecule has 1 aromatic heterocycles. The molecule has 0 aromatic carbocycles. The second-order valence-electron chi connectivity index (χ2n) is 4.75. The van der Waals surface area contributed by atoms with E-state index in [4.69, 9.17) is 5.73 Å². The number of carbonyl (C=O) groups is 1. The number of rotatable bonds is 5. The van der Waals surface area contributed by atoms with Crippen molar-refractivity contribution in [1.82, 2.24) is 10.3 Å². The molecule has 94 valence electrons. The first-order chi connectivity index (χ1) is 8.00. The fourth-order valence-corrected chi connectivity index (χ4v) is 1.65. The first-order valence-electron chi connectivity index (χ1n) is 5.96. The summed E-state index contributed by atoms with van der Waals surface area (Å²) < 4.78 is 0. The molecule has 4 heteroatoms. The lowest BCUT2D eigenvalue weighted by atomic mass is 10.0. The van der Waals surface area contributed by atoms with Crippen LogP contribution in [0.1, 0.15) is 38.8 Å². The molecule has 17 heavy (non-hydrogen) atoms. The standard InChI is InChI=1S/C13H21N3O/c1-9(2)7-12(14)13(17)16-10(3)11-5-4-6-15-8-11/h4-6,8-10,12H,7,14H2,1-3H3,(H,16,17)/t10-,12+/m0/s1. The van der Waals surface area contributed by atoms with Crippen LogP contribution in [0.2, 0.25) is 0 Å². The number of hydrogen-bond acceptors (Lipinski definition) is 3. The van der Waals surface area contributed by atoms with Crippen molar-refractivity contribution in [3.63, 3.8) is 0 Å². The number of aromatic nitrogens is 1. The largest absolute Gasteiger partial charge is 0.348 e. The van der Waals surface area contributed by atoms with E-state index >= 15 is 0 Å². The van der Waals surface area contributed by atoms with E-state index in [0.717, 1.165) is 5.56 Å². The molecule has 0 fully saturated rings. The molecule has 4 nitrogen and oxygen atoms in total. The zero-order valence-electron chi connectivity index (χ0n) is 10.7. The number of hydrogen-bond donors (Lipinski definition) is 2. The van der Waals surface area contributed by atoms with Gasteiger partial charge in [0.1, 0.15) is 0 Å². The first-order valence-corrected chi connectivity index (χ1v) is 5.96. The van der Waals surface area contributed by atoms with Crippen molar-refractivity contribution in [3.8, 4) is 0 Å². The van der Waals surface area contributed by atoms with Crippen molar-refractivity contribution in [1.29, 1.82) is 0 Å². The Hall–Kier alpha value is -1.42. The lowest BCUT2D eigenvalue weighted by Crippen LogP contribution is -2.42. The van der Waals surface area contributed by atoms with Crippen LogP contribution in [0, 0.1) is 5.92 Å². The minimum atomic E-state index is -0.436. The molecule has 0 aliphatic heterocycles. The molecule has 0 aliphatic carbocycles. The Balaban J connectivity index is 2.51. The number of pyridine rings is 1. The Bertz CT molecular complexity index is 351. The number of nitrogens with one attached hydrogen (secondary N) is 1. The summed E-state index contributed by atoms with van der Waals surface area (Å²) >= 11 is 0. The molecule has 1 amide bonds. The van der Waals surface area contributed by atoms with Crippen molar-refractivity contribution in [2.24, 2.45) is 11.7 Å². The van der Waals surface area contributed by atoms with Gasteiger partial charge in [-0.15, -0.1) is 0 Å². The van der Waals surface area contributed by atoms with E-state index in [0.29, 0.717) is 12.3 Å². The van der Waals surface area contributed by atoms with Gasteiger partial charge in [-0.05, 0) is 30.9 Å². The molecule has 0 spiro atoms.